The first-order valence-corrected chi connectivity index (χ1v) is 6.95. The highest BCUT2D eigenvalue weighted by atomic mass is 16.5. The van der Waals surface area contributed by atoms with Crippen molar-refractivity contribution in [2.75, 3.05) is 0 Å². The van der Waals surface area contributed by atoms with Crippen LogP contribution in [0.3, 0.4) is 0 Å². The highest BCUT2D eigenvalue weighted by Gasteiger charge is 2.39. The molecule has 2 aromatic heterocycles. The second-order valence-corrected chi connectivity index (χ2v) is 5.55. The minimum atomic E-state index is -0.451. The number of hydrogen-bond acceptors (Lipinski definition) is 5. The summed E-state index contributed by atoms with van der Waals surface area (Å²) in [6.07, 6.45) is 2.83. The molecule has 1 fully saturated rings. The summed E-state index contributed by atoms with van der Waals surface area (Å²) in [5, 5.41) is 3.96. The standard InChI is InChI=1S/C14H15N5O2/c15-14(6-3-7-14)12-17-11(21-18-12)8-19-10-5-2-1-4-9(10)16-13(19)20/h1-2,4-5H,3,6-8,15H2,(H,16,20). The van der Waals surface area contributed by atoms with Gasteiger partial charge in [-0.1, -0.05) is 17.3 Å². The predicted octanol–water partition coefficient (Wildman–Crippen LogP) is 1.10. The molecule has 4 rings (SSSR count). The molecule has 0 amide bonds. The number of hydrogen-bond donors (Lipinski definition) is 2. The van der Waals surface area contributed by atoms with Crippen molar-refractivity contribution >= 4 is 11.0 Å². The van der Waals surface area contributed by atoms with E-state index in [-0.39, 0.29) is 12.2 Å². The number of para-hydroxylation sites is 2. The molecule has 1 aliphatic rings. The minimum Gasteiger partial charge on any atom is -0.337 e. The van der Waals surface area contributed by atoms with Gasteiger partial charge >= 0.3 is 5.69 Å². The second kappa shape index (κ2) is 4.29. The summed E-state index contributed by atoms with van der Waals surface area (Å²) in [6.45, 7) is 0.242. The summed E-state index contributed by atoms with van der Waals surface area (Å²) in [5.74, 6) is 0.935. The molecule has 1 aliphatic carbocycles. The molecule has 108 valence electrons. The molecule has 1 saturated carbocycles. The summed E-state index contributed by atoms with van der Waals surface area (Å²) >= 11 is 0. The van der Waals surface area contributed by atoms with Crippen LogP contribution in [0.2, 0.25) is 0 Å². The van der Waals surface area contributed by atoms with Gasteiger partial charge in [-0.15, -0.1) is 0 Å². The maximum atomic E-state index is 12.0. The van der Waals surface area contributed by atoms with Crippen LogP contribution in [0.15, 0.2) is 33.6 Å². The van der Waals surface area contributed by atoms with Crippen LogP contribution in [0, 0.1) is 0 Å². The number of rotatable bonds is 3. The fourth-order valence-corrected chi connectivity index (χ4v) is 2.70. The van der Waals surface area contributed by atoms with Gasteiger partial charge in [0.1, 0.15) is 6.54 Å². The van der Waals surface area contributed by atoms with Gasteiger partial charge in [-0.2, -0.15) is 4.98 Å². The number of nitrogens with two attached hydrogens (primary N) is 1. The summed E-state index contributed by atoms with van der Waals surface area (Å²) in [5.41, 5.74) is 7.13. The molecule has 0 spiro atoms. The van der Waals surface area contributed by atoms with E-state index in [2.05, 4.69) is 15.1 Å². The Labute approximate surface area is 119 Å². The van der Waals surface area contributed by atoms with E-state index >= 15 is 0 Å². The number of fused-ring (bicyclic) bond motifs is 1. The Hall–Kier alpha value is -2.41. The molecule has 2 heterocycles. The van der Waals surface area contributed by atoms with Gasteiger partial charge in [-0.25, -0.2) is 4.79 Å². The smallest absolute Gasteiger partial charge is 0.326 e. The van der Waals surface area contributed by atoms with Crippen LogP contribution >= 0.6 is 0 Å². The van der Waals surface area contributed by atoms with Crippen LogP contribution in [-0.2, 0) is 12.1 Å². The summed E-state index contributed by atoms with van der Waals surface area (Å²) in [6, 6.07) is 7.49. The lowest BCUT2D eigenvalue weighted by molar-refractivity contribution is 0.229. The lowest BCUT2D eigenvalue weighted by atomic mass is 9.77. The van der Waals surface area contributed by atoms with Crippen LogP contribution in [0.4, 0.5) is 0 Å². The van der Waals surface area contributed by atoms with Crippen molar-refractivity contribution in [1.29, 1.82) is 0 Å². The third-order valence-corrected chi connectivity index (χ3v) is 4.13. The largest absolute Gasteiger partial charge is 0.337 e. The topological polar surface area (TPSA) is 103 Å². The second-order valence-electron chi connectivity index (χ2n) is 5.55. The Bertz CT molecular complexity index is 856. The number of benzene rings is 1. The molecular formula is C14H15N5O2. The van der Waals surface area contributed by atoms with Crippen LogP contribution in [0.25, 0.3) is 11.0 Å². The monoisotopic (exact) mass is 285 g/mol. The minimum absolute atomic E-state index is 0.193. The van der Waals surface area contributed by atoms with Crippen molar-refractivity contribution in [2.45, 2.75) is 31.3 Å². The first-order chi connectivity index (χ1) is 10.2. The Kier molecular flexibility index (Phi) is 2.52. The van der Waals surface area contributed by atoms with Gasteiger partial charge in [0.05, 0.1) is 16.6 Å². The molecule has 0 atom stereocenters. The third kappa shape index (κ3) is 1.89. The number of aromatic amines is 1. The molecule has 7 nitrogen and oxygen atoms in total. The zero-order chi connectivity index (χ0) is 14.4. The molecule has 0 aliphatic heterocycles. The zero-order valence-electron chi connectivity index (χ0n) is 11.4. The van der Waals surface area contributed by atoms with Crippen LogP contribution in [-0.4, -0.2) is 19.7 Å². The van der Waals surface area contributed by atoms with E-state index < -0.39 is 5.54 Å². The van der Waals surface area contributed by atoms with Crippen molar-refractivity contribution < 1.29 is 4.52 Å². The molecular weight excluding hydrogens is 270 g/mol. The summed E-state index contributed by atoms with van der Waals surface area (Å²) in [7, 11) is 0. The molecule has 7 heteroatoms. The van der Waals surface area contributed by atoms with Crippen molar-refractivity contribution in [3.63, 3.8) is 0 Å². The van der Waals surface area contributed by atoms with Crippen molar-refractivity contribution in [3.8, 4) is 0 Å². The van der Waals surface area contributed by atoms with Crippen LogP contribution in [0.5, 0.6) is 0 Å². The van der Waals surface area contributed by atoms with E-state index in [4.69, 9.17) is 10.3 Å². The van der Waals surface area contributed by atoms with E-state index in [1.165, 1.54) is 0 Å². The predicted molar refractivity (Wildman–Crippen MR) is 75.7 cm³/mol. The van der Waals surface area contributed by atoms with E-state index in [0.717, 1.165) is 30.3 Å². The van der Waals surface area contributed by atoms with Crippen LogP contribution < -0.4 is 11.4 Å². The van der Waals surface area contributed by atoms with Gasteiger partial charge in [0.25, 0.3) is 0 Å². The van der Waals surface area contributed by atoms with Crippen molar-refractivity contribution in [3.05, 3.63) is 46.5 Å². The maximum absolute atomic E-state index is 12.0. The molecule has 0 unspecified atom stereocenters. The zero-order valence-corrected chi connectivity index (χ0v) is 11.4. The van der Waals surface area contributed by atoms with Gasteiger partial charge < -0.3 is 15.2 Å². The lowest BCUT2D eigenvalue weighted by Gasteiger charge is -2.34. The molecule has 0 radical (unpaired) electrons. The quantitative estimate of drug-likeness (QED) is 0.750. The van der Waals surface area contributed by atoms with Gasteiger partial charge in [0, 0.05) is 0 Å². The Morgan fingerprint density at radius 2 is 2.19 bits per heavy atom. The van der Waals surface area contributed by atoms with Crippen molar-refractivity contribution in [2.24, 2.45) is 5.73 Å². The highest BCUT2D eigenvalue weighted by Crippen LogP contribution is 2.36. The van der Waals surface area contributed by atoms with Crippen LogP contribution in [0.1, 0.15) is 31.0 Å². The number of aromatic nitrogens is 4. The van der Waals surface area contributed by atoms with E-state index in [1.807, 2.05) is 24.3 Å². The number of H-pyrrole nitrogens is 1. The first-order valence-electron chi connectivity index (χ1n) is 6.95. The lowest BCUT2D eigenvalue weighted by Crippen LogP contribution is -2.44. The Balaban J connectivity index is 1.69. The highest BCUT2D eigenvalue weighted by molar-refractivity contribution is 5.74. The molecule has 0 saturated heterocycles. The van der Waals surface area contributed by atoms with Crippen molar-refractivity contribution in [1.82, 2.24) is 19.7 Å². The van der Waals surface area contributed by atoms with Gasteiger partial charge in [0.15, 0.2) is 5.82 Å². The fraction of sp³-hybridized carbons (Fsp3) is 0.357. The molecule has 0 bridgehead atoms. The Morgan fingerprint density at radius 1 is 1.38 bits per heavy atom. The average molecular weight is 285 g/mol. The number of nitrogens with one attached hydrogen (secondary N) is 1. The van der Waals surface area contributed by atoms with E-state index in [0.29, 0.717) is 11.7 Å². The summed E-state index contributed by atoms with van der Waals surface area (Å²) < 4.78 is 6.83. The summed E-state index contributed by atoms with van der Waals surface area (Å²) in [4.78, 5) is 19.2. The average Bonchev–Trinajstić information content (AvgIpc) is 3.03. The molecule has 3 aromatic rings. The van der Waals surface area contributed by atoms with Gasteiger partial charge in [-0.05, 0) is 31.4 Å². The van der Waals surface area contributed by atoms with E-state index in [9.17, 15) is 4.79 Å². The van der Waals surface area contributed by atoms with Gasteiger partial charge in [-0.3, -0.25) is 4.57 Å². The van der Waals surface area contributed by atoms with E-state index in [1.54, 1.807) is 4.57 Å². The fourth-order valence-electron chi connectivity index (χ4n) is 2.70. The number of nitrogens with zero attached hydrogens (tertiary/aromatic N) is 3. The Morgan fingerprint density at radius 3 is 2.95 bits per heavy atom. The molecule has 3 N–H and O–H groups in total. The van der Waals surface area contributed by atoms with Gasteiger partial charge in [0.2, 0.25) is 5.89 Å². The third-order valence-electron chi connectivity index (χ3n) is 4.13. The number of imidazole rings is 1. The maximum Gasteiger partial charge on any atom is 0.326 e. The molecule has 1 aromatic carbocycles. The molecule has 21 heavy (non-hydrogen) atoms. The first kappa shape index (κ1) is 12.3. The SMILES string of the molecule is NC1(c2noc(Cn3c(=O)[nH]c4ccccc43)n2)CCC1. The normalized spacial score (nSPS) is 17.0.